The van der Waals surface area contributed by atoms with E-state index in [4.69, 9.17) is 0 Å². The Bertz CT molecular complexity index is 368. The Labute approximate surface area is 92.1 Å². The molecule has 0 spiro atoms. The molecule has 1 aromatic rings. The second-order valence-corrected chi connectivity index (χ2v) is 4.74. The van der Waals surface area contributed by atoms with Crippen LogP contribution < -0.4 is 0 Å². The summed E-state index contributed by atoms with van der Waals surface area (Å²) >= 11 is 0. The van der Waals surface area contributed by atoms with Crippen LogP contribution in [0.5, 0.6) is 0 Å². The second-order valence-electron chi connectivity index (χ2n) is 4.74. The van der Waals surface area contributed by atoms with E-state index >= 15 is 0 Å². The van der Waals surface area contributed by atoms with Crippen molar-refractivity contribution in [2.75, 3.05) is 0 Å². The Morgan fingerprint density at radius 3 is 2.25 bits per heavy atom. The lowest BCUT2D eigenvalue weighted by Gasteiger charge is -2.25. The van der Waals surface area contributed by atoms with Crippen LogP contribution in [-0.2, 0) is 6.18 Å². The number of hydrogen-bond acceptors (Lipinski definition) is 2. The van der Waals surface area contributed by atoms with Gasteiger partial charge in [0.05, 0.1) is 11.3 Å². The second kappa shape index (κ2) is 4.05. The van der Waals surface area contributed by atoms with Gasteiger partial charge in [-0.2, -0.15) is 13.2 Å². The summed E-state index contributed by atoms with van der Waals surface area (Å²) < 4.78 is 37.3. The third kappa shape index (κ3) is 2.95. The van der Waals surface area contributed by atoms with E-state index in [-0.39, 0.29) is 5.69 Å². The molecule has 5 heteroatoms. The van der Waals surface area contributed by atoms with Gasteiger partial charge in [0.1, 0.15) is 6.10 Å². The van der Waals surface area contributed by atoms with E-state index in [9.17, 15) is 18.3 Å². The number of rotatable bonds is 1. The van der Waals surface area contributed by atoms with Crippen molar-refractivity contribution in [1.29, 1.82) is 0 Å². The first-order valence-electron chi connectivity index (χ1n) is 4.83. The molecule has 90 valence electrons. The molecule has 0 radical (unpaired) electrons. The van der Waals surface area contributed by atoms with E-state index in [0.717, 1.165) is 18.3 Å². The first kappa shape index (κ1) is 13.0. The van der Waals surface area contributed by atoms with Crippen molar-refractivity contribution in [2.45, 2.75) is 33.1 Å². The molecule has 1 N–H and O–H groups in total. The van der Waals surface area contributed by atoms with Gasteiger partial charge in [-0.25, -0.2) is 0 Å². The summed E-state index contributed by atoms with van der Waals surface area (Å²) in [6.07, 6.45) is -4.36. The fraction of sp³-hybridized carbons (Fsp3) is 0.545. The van der Waals surface area contributed by atoms with Crippen molar-refractivity contribution < 1.29 is 18.3 Å². The molecule has 1 heterocycles. The molecular weight excluding hydrogens is 219 g/mol. The Hall–Kier alpha value is -1.10. The minimum absolute atomic E-state index is 0.0438. The molecule has 0 amide bonds. The standard InChI is InChI=1S/C11H14F3NO/c1-10(2,3)9(16)8-6-7(4-5-15-8)11(12,13)14/h4-6,9,16H,1-3H3. The summed E-state index contributed by atoms with van der Waals surface area (Å²) in [5, 5.41) is 9.82. The third-order valence-electron chi connectivity index (χ3n) is 2.21. The average Bonchev–Trinajstić information content (AvgIpc) is 2.14. The summed E-state index contributed by atoms with van der Waals surface area (Å²) in [6, 6.07) is 1.77. The highest BCUT2D eigenvalue weighted by molar-refractivity contribution is 5.21. The van der Waals surface area contributed by atoms with Gasteiger partial charge in [0.25, 0.3) is 0 Å². The third-order valence-corrected chi connectivity index (χ3v) is 2.21. The normalized spacial score (nSPS) is 14.9. The zero-order chi connectivity index (χ0) is 12.6. The summed E-state index contributed by atoms with van der Waals surface area (Å²) in [4.78, 5) is 3.77. The maximum absolute atomic E-state index is 12.4. The highest BCUT2D eigenvalue weighted by atomic mass is 19.4. The predicted molar refractivity (Wildman–Crippen MR) is 53.7 cm³/mol. The van der Waals surface area contributed by atoms with Gasteiger partial charge in [-0.15, -0.1) is 0 Å². The van der Waals surface area contributed by atoms with Crippen LogP contribution in [0.15, 0.2) is 18.3 Å². The number of aliphatic hydroxyl groups is 1. The Morgan fingerprint density at radius 1 is 1.25 bits per heavy atom. The van der Waals surface area contributed by atoms with Gasteiger partial charge < -0.3 is 5.11 Å². The van der Waals surface area contributed by atoms with E-state index in [2.05, 4.69) is 4.98 Å². The van der Waals surface area contributed by atoms with Gasteiger partial charge in [-0.3, -0.25) is 4.98 Å². The van der Waals surface area contributed by atoms with Crippen LogP contribution in [0.3, 0.4) is 0 Å². The predicted octanol–water partition coefficient (Wildman–Crippen LogP) is 3.18. The van der Waals surface area contributed by atoms with E-state index in [1.54, 1.807) is 20.8 Å². The quantitative estimate of drug-likeness (QED) is 0.808. The molecule has 2 nitrogen and oxygen atoms in total. The Balaban J connectivity index is 3.09. The molecule has 0 aliphatic heterocycles. The topological polar surface area (TPSA) is 33.1 Å². The van der Waals surface area contributed by atoms with Crippen LogP contribution in [0.1, 0.15) is 38.1 Å². The van der Waals surface area contributed by atoms with Gasteiger partial charge in [0, 0.05) is 6.20 Å². The highest BCUT2D eigenvalue weighted by Gasteiger charge is 2.32. The van der Waals surface area contributed by atoms with Gasteiger partial charge in [0.2, 0.25) is 0 Å². The van der Waals surface area contributed by atoms with Crippen LogP contribution in [0, 0.1) is 5.41 Å². The first-order valence-corrected chi connectivity index (χ1v) is 4.83. The van der Waals surface area contributed by atoms with Crippen LogP contribution in [-0.4, -0.2) is 10.1 Å². The van der Waals surface area contributed by atoms with E-state index in [1.807, 2.05) is 0 Å². The molecule has 0 bridgehead atoms. The molecule has 0 fully saturated rings. The van der Waals surface area contributed by atoms with Crippen molar-refractivity contribution in [3.63, 3.8) is 0 Å². The number of pyridine rings is 1. The molecular formula is C11H14F3NO. The number of halogens is 3. The maximum atomic E-state index is 12.4. The lowest BCUT2D eigenvalue weighted by Crippen LogP contribution is -2.19. The molecule has 0 aliphatic carbocycles. The van der Waals surface area contributed by atoms with Crippen LogP contribution in [0.25, 0.3) is 0 Å². The van der Waals surface area contributed by atoms with Gasteiger partial charge in [-0.1, -0.05) is 20.8 Å². The lowest BCUT2D eigenvalue weighted by molar-refractivity contribution is -0.137. The van der Waals surface area contributed by atoms with Crippen LogP contribution >= 0.6 is 0 Å². The van der Waals surface area contributed by atoms with Gasteiger partial charge in [-0.05, 0) is 17.5 Å². The zero-order valence-electron chi connectivity index (χ0n) is 9.34. The van der Waals surface area contributed by atoms with E-state index in [1.165, 1.54) is 0 Å². The smallest absolute Gasteiger partial charge is 0.386 e. The molecule has 1 atom stereocenters. The van der Waals surface area contributed by atoms with E-state index < -0.39 is 23.3 Å². The van der Waals surface area contributed by atoms with Crippen molar-refractivity contribution in [1.82, 2.24) is 4.98 Å². The van der Waals surface area contributed by atoms with Crippen molar-refractivity contribution in [3.05, 3.63) is 29.6 Å². The Morgan fingerprint density at radius 2 is 1.81 bits per heavy atom. The van der Waals surface area contributed by atoms with Crippen molar-refractivity contribution >= 4 is 0 Å². The fourth-order valence-electron chi connectivity index (χ4n) is 1.22. The summed E-state index contributed by atoms with van der Waals surface area (Å²) in [7, 11) is 0. The molecule has 1 rings (SSSR count). The summed E-state index contributed by atoms with van der Waals surface area (Å²) in [6.45, 7) is 5.21. The van der Waals surface area contributed by atoms with Crippen molar-refractivity contribution in [3.8, 4) is 0 Å². The lowest BCUT2D eigenvalue weighted by atomic mass is 9.87. The largest absolute Gasteiger partial charge is 0.416 e. The molecule has 0 saturated heterocycles. The van der Waals surface area contributed by atoms with Gasteiger partial charge in [0.15, 0.2) is 0 Å². The monoisotopic (exact) mass is 233 g/mol. The number of aliphatic hydroxyl groups excluding tert-OH is 1. The molecule has 1 unspecified atom stereocenters. The maximum Gasteiger partial charge on any atom is 0.416 e. The Kier molecular flexibility index (Phi) is 3.28. The number of nitrogens with zero attached hydrogens (tertiary/aromatic N) is 1. The number of aromatic nitrogens is 1. The SMILES string of the molecule is CC(C)(C)C(O)c1cc(C(F)(F)F)ccn1. The summed E-state index contributed by atoms with van der Waals surface area (Å²) in [5.74, 6) is 0. The molecule has 0 aliphatic rings. The zero-order valence-corrected chi connectivity index (χ0v) is 9.34. The minimum atomic E-state index is -4.41. The minimum Gasteiger partial charge on any atom is -0.386 e. The number of alkyl halides is 3. The fourth-order valence-corrected chi connectivity index (χ4v) is 1.22. The molecule has 0 aromatic carbocycles. The number of hydrogen-bond donors (Lipinski definition) is 1. The van der Waals surface area contributed by atoms with Gasteiger partial charge >= 0.3 is 6.18 Å². The highest BCUT2D eigenvalue weighted by Crippen LogP contribution is 2.34. The molecule has 0 saturated carbocycles. The van der Waals surface area contributed by atoms with Crippen LogP contribution in [0.4, 0.5) is 13.2 Å². The van der Waals surface area contributed by atoms with Crippen molar-refractivity contribution in [2.24, 2.45) is 5.41 Å². The van der Waals surface area contributed by atoms with Crippen LogP contribution in [0.2, 0.25) is 0 Å². The average molecular weight is 233 g/mol. The molecule has 1 aromatic heterocycles. The van der Waals surface area contributed by atoms with E-state index in [0.29, 0.717) is 0 Å². The summed E-state index contributed by atoms with van der Waals surface area (Å²) in [5.41, 5.74) is -1.29. The molecule has 16 heavy (non-hydrogen) atoms. The first-order chi connectivity index (χ1) is 7.12.